The van der Waals surface area contributed by atoms with Crippen molar-refractivity contribution in [1.82, 2.24) is 19.9 Å². The third-order valence-corrected chi connectivity index (χ3v) is 3.78. The molecule has 1 saturated heterocycles. The molecule has 1 aliphatic heterocycles. The molecule has 0 aromatic carbocycles. The largest absolute Gasteiger partial charge is 0.424 e. The van der Waals surface area contributed by atoms with Crippen LogP contribution in [0, 0.1) is 0 Å². The van der Waals surface area contributed by atoms with Crippen LogP contribution in [0.2, 0.25) is 0 Å². The molecule has 0 aliphatic carbocycles. The second-order valence-corrected chi connectivity index (χ2v) is 5.34. The Labute approximate surface area is 137 Å². The number of rotatable bonds is 3. The summed E-state index contributed by atoms with van der Waals surface area (Å²) in [6.07, 6.45) is 6.44. The molecular weight excluding hydrogens is 310 g/mol. The van der Waals surface area contributed by atoms with Gasteiger partial charge < -0.3 is 14.4 Å². The summed E-state index contributed by atoms with van der Waals surface area (Å²) in [5.41, 5.74) is 1.16. The molecule has 4 heterocycles. The number of ether oxygens (including phenoxy) is 2. The zero-order valence-corrected chi connectivity index (χ0v) is 12.8. The normalized spacial score (nSPS) is 14.8. The van der Waals surface area contributed by atoms with Crippen LogP contribution in [-0.2, 0) is 4.74 Å². The Morgan fingerprint density at radius 1 is 1.17 bits per heavy atom. The molecule has 1 aliphatic rings. The Balaban J connectivity index is 1.62. The summed E-state index contributed by atoms with van der Waals surface area (Å²) >= 11 is 0. The fourth-order valence-electron chi connectivity index (χ4n) is 2.59. The lowest BCUT2D eigenvalue weighted by atomic mass is 10.3. The third-order valence-electron chi connectivity index (χ3n) is 3.78. The molecule has 0 radical (unpaired) electrons. The molecule has 4 rings (SSSR count). The highest BCUT2D eigenvalue weighted by Gasteiger charge is 2.13. The zero-order chi connectivity index (χ0) is 16.4. The van der Waals surface area contributed by atoms with Gasteiger partial charge in [0.25, 0.3) is 5.56 Å². The van der Waals surface area contributed by atoms with E-state index < -0.39 is 0 Å². The molecular formula is C16H15N5O3. The van der Waals surface area contributed by atoms with E-state index in [2.05, 4.69) is 24.8 Å². The number of fused-ring (bicyclic) bond motifs is 1. The minimum Gasteiger partial charge on any atom is -0.424 e. The number of H-pyrrole nitrogens is 1. The van der Waals surface area contributed by atoms with Crippen molar-refractivity contribution in [2.75, 3.05) is 31.2 Å². The minimum absolute atomic E-state index is 0.112. The molecule has 0 spiro atoms. The highest BCUT2D eigenvalue weighted by atomic mass is 16.5. The van der Waals surface area contributed by atoms with E-state index >= 15 is 0 Å². The van der Waals surface area contributed by atoms with E-state index in [4.69, 9.17) is 9.47 Å². The van der Waals surface area contributed by atoms with Gasteiger partial charge in [-0.3, -0.25) is 19.7 Å². The van der Waals surface area contributed by atoms with Crippen molar-refractivity contribution in [3.05, 3.63) is 47.3 Å². The van der Waals surface area contributed by atoms with E-state index in [0.29, 0.717) is 29.9 Å². The first-order valence-corrected chi connectivity index (χ1v) is 7.59. The molecule has 0 saturated carbocycles. The first-order chi connectivity index (χ1) is 11.8. The number of nitrogens with zero attached hydrogens (tertiary/aromatic N) is 4. The SMILES string of the molecule is O=c1[nH]c(Oc2cncc(N3CCOCC3)c2)nc2cnccc12. The van der Waals surface area contributed by atoms with Crippen LogP contribution < -0.4 is 15.2 Å². The van der Waals surface area contributed by atoms with Crippen molar-refractivity contribution < 1.29 is 9.47 Å². The maximum atomic E-state index is 12.1. The first kappa shape index (κ1) is 14.6. The summed E-state index contributed by atoms with van der Waals surface area (Å²) in [6.45, 7) is 3.00. The molecule has 8 nitrogen and oxygen atoms in total. The Morgan fingerprint density at radius 3 is 2.92 bits per heavy atom. The van der Waals surface area contributed by atoms with Crippen molar-refractivity contribution in [2.45, 2.75) is 0 Å². The number of morpholine rings is 1. The number of hydrogen-bond donors (Lipinski definition) is 1. The van der Waals surface area contributed by atoms with Gasteiger partial charge in [-0.1, -0.05) is 0 Å². The molecule has 0 atom stereocenters. The van der Waals surface area contributed by atoms with Crippen molar-refractivity contribution in [3.63, 3.8) is 0 Å². The van der Waals surface area contributed by atoms with E-state index in [1.807, 2.05) is 6.07 Å². The summed E-state index contributed by atoms with van der Waals surface area (Å²) < 4.78 is 11.0. The van der Waals surface area contributed by atoms with Crippen LogP contribution in [0.5, 0.6) is 11.8 Å². The average molecular weight is 325 g/mol. The van der Waals surface area contributed by atoms with Gasteiger partial charge in [0.15, 0.2) is 5.75 Å². The van der Waals surface area contributed by atoms with Crippen molar-refractivity contribution in [2.24, 2.45) is 0 Å². The summed E-state index contributed by atoms with van der Waals surface area (Å²) in [7, 11) is 0. The smallest absolute Gasteiger partial charge is 0.302 e. The molecule has 3 aromatic rings. The summed E-state index contributed by atoms with van der Waals surface area (Å²) in [5.74, 6) is 0.505. The number of nitrogens with one attached hydrogen (secondary N) is 1. The van der Waals surface area contributed by atoms with Crippen LogP contribution in [0.25, 0.3) is 10.9 Å². The molecule has 24 heavy (non-hydrogen) atoms. The van der Waals surface area contributed by atoms with Gasteiger partial charge in [-0.25, -0.2) is 0 Å². The van der Waals surface area contributed by atoms with Crippen molar-refractivity contribution in [3.8, 4) is 11.8 Å². The molecule has 3 aromatic heterocycles. The maximum absolute atomic E-state index is 12.1. The van der Waals surface area contributed by atoms with Crippen LogP contribution in [-0.4, -0.2) is 46.2 Å². The van der Waals surface area contributed by atoms with Crippen LogP contribution in [0.4, 0.5) is 5.69 Å². The van der Waals surface area contributed by atoms with Gasteiger partial charge in [-0.15, -0.1) is 0 Å². The quantitative estimate of drug-likeness (QED) is 0.776. The highest BCUT2D eigenvalue weighted by molar-refractivity contribution is 5.76. The number of anilines is 1. The molecule has 0 bridgehead atoms. The number of aromatic nitrogens is 4. The van der Waals surface area contributed by atoms with E-state index in [1.54, 1.807) is 24.7 Å². The molecule has 122 valence electrons. The number of aromatic amines is 1. The molecule has 8 heteroatoms. The fraction of sp³-hybridized carbons (Fsp3) is 0.250. The van der Waals surface area contributed by atoms with Gasteiger partial charge in [0.2, 0.25) is 0 Å². The Morgan fingerprint density at radius 2 is 2.04 bits per heavy atom. The molecule has 1 N–H and O–H groups in total. The monoisotopic (exact) mass is 325 g/mol. The van der Waals surface area contributed by atoms with Crippen molar-refractivity contribution in [1.29, 1.82) is 0 Å². The molecule has 0 unspecified atom stereocenters. The number of pyridine rings is 2. The lowest BCUT2D eigenvalue weighted by Crippen LogP contribution is -2.36. The minimum atomic E-state index is -0.269. The third kappa shape index (κ3) is 2.91. The van der Waals surface area contributed by atoms with E-state index in [-0.39, 0.29) is 11.6 Å². The maximum Gasteiger partial charge on any atom is 0.302 e. The lowest BCUT2D eigenvalue weighted by molar-refractivity contribution is 0.122. The van der Waals surface area contributed by atoms with Gasteiger partial charge in [-0.05, 0) is 6.07 Å². The van der Waals surface area contributed by atoms with Gasteiger partial charge in [-0.2, -0.15) is 4.98 Å². The Kier molecular flexibility index (Phi) is 3.80. The Hall–Kier alpha value is -3.00. The Bertz CT molecular complexity index is 921. The summed E-state index contributed by atoms with van der Waals surface area (Å²) in [4.78, 5) is 29.3. The molecule has 0 amide bonds. The van der Waals surface area contributed by atoms with Crippen LogP contribution in [0.15, 0.2) is 41.7 Å². The predicted octanol–water partition coefficient (Wildman–Crippen LogP) is 1.34. The second kappa shape index (κ2) is 6.25. The van der Waals surface area contributed by atoms with Gasteiger partial charge >= 0.3 is 6.01 Å². The predicted molar refractivity (Wildman–Crippen MR) is 87.5 cm³/mol. The molecule has 1 fully saturated rings. The summed E-state index contributed by atoms with van der Waals surface area (Å²) in [6, 6.07) is 3.60. The van der Waals surface area contributed by atoms with E-state index in [0.717, 1.165) is 18.8 Å². The van der Waals surface area contributed by atoms with E-state index in [1.165, 1.54) is 6.20 Å². The second-order valence-electron chi connectivity index (χ2n) is 5.34. The lowest BCUT2D eigenvalue weighted by Gasteiger charge is -2.28. The van der Waals surface area contributed by atoms with Crippen LogP contribution >= 0.6 is 0 Å². The van der Waals surface area contributed by atoms with Gasteiger partial charge in [0.05, 0.1) is 48.4 Å². The van der Waals surface area contributed by atoms with Gasteiger partial charge in [0, 0.05) is 25.4 Å². The zero-order valence-electron chi connectivity index (χ0n) is 12.8. The topological polar surface area (TPSA) is 93.2 Å². The van der Waals surface area contributed by atoms with Gasteiger partial charge in [0.1, 0.15) is 0 Å². The van der Waals surface area contributed by atoms with E-state index in [9.17, 15) is 4.79 Å². The summed E-state index contributed by atoms with van der Waals surface area (Å²) in [5, 5.41) is 0.470. The van der Waals surface area contributed by atoms with Crippen LogP contribution in [0.3, 0.4) is 0 Å². The average Bonchev–Trinajstić information content (AvgIpc) is 2.63. The van der Waals surface area contributed by atoms with Crippen LogP contribution in [0.1, 0.15) is 0 Å². The first-order valence-electron chi connectivity index (χ1n) is 7.59. The number of hydrogen-bond acceptors (Lipinski definition) is 7. The standard InChI is InChI=1S/C16H15N5O3/c22-15-13-1-2-17-10-14(13)19-16(20-15)24-12-7-11(8-18-9-12)21-3-5-23-6-4-21/h1-2,7-10H,3-6H2,(H,19,20,22). The van der Waals surface area contributed by atoms with Crippen molar-refractivity contribution >= 4 is 16.6 Å². The fourth-order valence-corrected chi connectivity index (χ4v) is 2.59. The highest BCUT2D eigenvalue weighted by Crippen LogP contribution is 2.23.